The van der Waals surface area contributed by atoms with Crippen molar-refractivity contribution in [3.05, 3.63) is 11.6 Å². The Morgan fingerprint density at radius 1 is 1.37 bits per heavy atom. The lowest BCUT2D eigenvalue weighted by Gasteiger charge is -2.30. The lowest BCUT2D eigenvalue weighted by Crippen LogP contribution is -2.39. The number of aromatic amines is 1. The molecule has 1 aliphatic carbocycles. The molecule has 1 aromatic rings. The molecule has 2 aliphatic rings. The summed E-state index contributed by atoms with van der Waals surface area (Å²) in [5.74, 6) is 1.92. The Morgan fingerprint density at radius 3 is 3.05 bits per heavy atom. The van der Waals surface area contributed by atoms with Gasteiger partial charge in [-0.05, 0) is 31.6 Å². The van der Waals surface area contributed by atoms with E-state index in [0.29, 0.717) is 17.8 Å². The van der Waals surface area contributed by atoms with Crippen LogP contribution < -0.4 is 0 Å². The average molecular weight is 262 g/mol. The molecule has 1 aliphatic heterocycles. The number of hydrogen-bond acceptors (Lipinski definition) is 3. The minimum Gasteiger partial charge on any atom is -0.333 e. The Morgan fingerprint density at radius 2 is 2.21 bits per heavy atom. The highest BCUT2D eigenvalue weighted by atomic mass is 16.2. The van der Waals surface area contributed by atoms with E-state index in [-0.39, 0.29) is 5.91 Å². The molecule has 0 aromatic carbocycles. The molecular weight excluding hydrogens is 240 g/mol. The van der Waals surface area contributed by atoms with Crippen molar-refractivity contribution in [1.82, 2.24) is 20.1 Å². The van der Waals surface area contributed by atoms with Gasteiger partial charge < -0.3 is 4.90 Å². The number of H-pyrrole nitrogens is 1. The van der Waals surface area contributed by atoms with Gasteiger partial charge in [-0.2, -0.15) is 0 Å². The molecule has 0 spiro atoms. The maximum atomic E-state index is 12.5. The first-order valence-electron chi connectivity index (χ1n) is 7.52. The molecule has 2 atom stereocenters. The van der Waals surface area contributed by atoms with E-state index >= 15 is 0 Å². The molecule has 0 bridgehead atoms. The minimum absolute atomic E-state index is 0.0213. The molecule has 5 nitrogen and oxygen atoms in total. The maximum absolute atomic E-state index is 12.5. The fourth-order valence-electron chi connectivity index (χ4n) is 3.53. The van der Waals surface area contributed by atoms with E-state index in [9.17, 15) is 4.79 Å². The Bertz CT molecular complexity index is 456. The Labute approximate surface area is 113 Å². The summed E-state index contributed by atoms with van der Waals surface area (Å²) >= 11 is 0. The predicted octanol–water partition coefficient (Wildman–Crippen LogP) is 2.16. The summed E-state index contributed by atoms with van der Waals surface area (Å²) in [5, 5.41) is 6.96. The number of fused-ring (bicyclic) bond motifs is 1. The third kappa shape index (κ3) is 2.38. The van der Waals surface area contributed by atoms with Crippen LogP contribution in [0.3, 0.4) is 0 Å². The molecule has 19 heavy (non-hydrogen) atoms. The Kier molecular flexibility index (Phi) is 3.53. The summed E-state index contributed by atoms with van der Waals surface area (Å²) in [7, 11) is 0. The number of amides is 1. The zero-order chi connectivity index (χ0) is 13.2. The second-order valence-corrected chi connectivity index (χ2v) is 5.75. The topological polar surface area (TPSA) is 61.9 Å². The van der Waals surface area contributed by atoms with Gasteiger partial charge in [-0.3, -0.25) is 9.89 Å². The van der Waals surface area contributed by atoms with Crippen LogP contribution in [0.15, 0.2) is 0 Å². The predicted molar refractivity (Wildman–Crippen MR) is 71.8 cm³/mol. The molecule has 104 valence electrons. The van der Waals surface area contributed by atoms with Gasteiger partial charge in [0.05, 0.1) is 0 Å². The summed E-state index contributed by atoms with van der Waals surface area (Å²) < 4.78 is 0. The van der Waals surface area contributed by atoms with Gasteiger partial charge in [-0.15, -0.1) is 5.10 Å². The van der Waals surface area contributed by atoms with Crippen LogP contribution in [0.25, 0.3) is 0 Å². The van der Waals surface area contributed by atoms with Gasteiger partial charge >= 0.3 is 0 Å². The number of hydrogen-bond donors (Lipinski definition) is 1. The van der Waals surface area contributed by atoms with Crippen LogP contribution in [-0.4, -0.2) is 38.6 Å². The number of likely N-dealkylation sites (tertiary alicyclic amines) is 1. The fourth-order valence-corrected chi connectivity index (χ4v) is 3.53. The maximum Gasteiger partial charge on any atom is 0.293 e. The van der Waals surface area contributed by atoms with Crippen molar-refractivity contribution in [2.24, 2.45) is 5.92 Å². The molecule has 3 rings (SSSR count). The highest BCUT2D eigenvalue weighted by molar-refractivity contribution is 5.90. The van der Waals surface area contributed by atoms with E-state index in [0.717, 1.165) is 38.1 Å². The van der Waals surface area contributed by atoms with Crippen molar-refractivity contribution < 1.29 is 4.79 Å². The SMILES string of the molecule is CCCc1nc(C(=O)N2CCC3CCCCC32)n[nH]1. The smallest absolute Gasteiger partial charge is 0.293 e. The molecule has 5 heteroatoms. The molecule has 2 unspecified atom stereocenters. The lowest BCUT2D eigenvalue weighted by atomic mass is 9.85. The van der Waals surface area contributed by atoms with Crippen molar-refractivity contribution in [1.29, 1.82) is 0 Å². The molecule has 1 N–H and O–H groups in total. The van der Waals surface area contributed by atoms with Gasteiger partial charge in [-0.1, -0.05) is 19.8 Å². The number of carbonyl (C=O) groups is 1. The van der Waals surface area contributed by atoms with Crippen LogP contribution in [0.4, 0.5) is 0 Å². The normalized spacial score (nSPS) is 26.5. The van der Waals surface area contributed by atoms with Crippen LogP contribution in [0.5, 0.6) is 0 Å². The Balaban J connectivity index is 1.72. The molecule has 2 fully saturated rings. The van der Waals surface area contributed by atoms with Crippen LogP contribution >= 0.6 is 0 Å². The zero-order valence-electron chi connectivity index (χ0n) is 11.6. The Hall–Kier alpha value is -1.39. The van der Waals surface area contributed by atoms with E-state index in [1.165, 1.54) is 19.3 Å². The first-order chi connectivity index (χ1) is 9.29. The standard InChI is InChI=1S/C14H22N4O/c1-2-5-12-15-13(17-16-12)14(19)18-9-8-10-6-3-4-7-11(10)18/h10-11H,2-9H2,1H3,(H,15,16,17). The van der Waals surface area contributed by atoms with Crippen molar-refractivity contribution in [2.75, 3.05) is 6.54 Å². The van der Waals surface area contributed by atoms with Crippen LogP contribution in [0, 0.1) is 5.92 Å². The lowest BCUT2D eigenvalue weighted by molar-refractivity contribution is 0.0678. The van der Waals surface area contributed by atoms with E-state index in [1.807, 2.05) is 4.90 Å². The van der Waals surface area contributed by atoms with Gasteiger partial charge in [0.25, 0.3) is 5.91 Å². The minimum atomic E-state index is 0.0213. The van der Waals surface area contributed by atoms with Crippen LogP contribution in [-0.2, 0) is 6.42 Å². The van der Waals surface area contributed by atoms with Crippen LogP contribution in [0.1, 0.15) is 61.9 Å². The van der Waals surface area contributed by atoms with Gasteiger partial charge in [0.15, 0.2) is 0 Å². The highest BCUT2D eigenvalue weighted by Crippen LogP contribution is 2.36. The molecule has 1 amide bonds. The molecule has 1 aromatic heterocycles. The van der Waals surface area contributed by atoms with Crippen molar-refractivity contribution in [3.8, 4) is 0 Å². The van der Waals surface area contributed by atoms with Gasteiger partial charge in [0.1, 0.15) is 5.82 Å². The number of nitrogens with zero attached hydrogens (tertiary/aromatic N) is 3. The zero-order valence-corrected chi connectivity index (χ0v) is 11.6. The van der Waals surface area contributed by atoms with E-state index in [4.69, 9.17) is 0 Å². The second kappa shape index (κ2) is 5.31. The largest absolute Gasteiger partial charge is 0.333 e. The van der Waals surface area contributed by atoms with Gasteiger partial charge in [0, 0.05) is 19.0 Å². The second-order valence-electron chi connectivity index (χ2n) is 5.75. The summed E-state index contributed by atoms with van der Waals surface area (Å²) in [6.45, 7) is 2.98. The quantitative estimate of drug-likeness (QED) is 0.908. The molecule has 1 saturated carbocycles. The number of aromatic nitrogens is 3. The number of aryl methyl sites for hydroxylation is 1. The monoisotopic (exact) mass is 262 g/mol. The highest BCUT2D eigenvalue weighted by Gasteiger charge is 2.39. The molecule has 0 radical (unpaired) electrons. The first-order valence-corrected chi connectivity index (χ1v) is 7.52. The molecule has 1 saturated heterocycles. The summed E-state index contributed by atoms with van der Waals surface area (Å²) in [6.07, 6.45) is 8.03. The average Bonchev–Trinajstić information content (AvgIpc) is 3.05. The fraction of sp³-hybridized carbons (Fsp3) is 0.786. The number of carbonyl (C=O) groups excluding carboxylic acids is 1. The third-order valence-electron chi connectivity index (χ3n) is 4.48. The summed E-state index contributed by atoms with van der Waals surface area (Å²) in [4.78, 5) is 18.8. The summed E-state index contributed by atoms with van der Waals surface area (Å²) in [6, 6.07) is 0.439. The van der Waals surface area contributed by atoms with Crippen molar-refractivity contribution >= 4 is 5.91 Å². The first kappa shape index (κ1) is 12.6. The number of rotatable bonds is 3. The van der Waals surface area contributed by atoms with Gasteiger partial charge in [-0.25, -0.2) is 4.98 Å². The number of nitrogens with one attached hydrogen (secondary N) is 1. The summed E-state index contributed by atoms with van der Waals surface area (Å²) in [5.41, 5.74) is 0. The van der Waals surface area contributed by atoms with E-state index in [1.54, 1.807) is 0 Å². The van der Waals surface area contributed by atoms with E-state index < -0.39 is 0 Å². The van der Waals surface area contributed by atoms with Crippen molar-refractivity contribution in [2.45, 2.75) is 57.9 Å². The van der Waals surface area contributed by atoms with Crippen molar-refractivity contribution in [3.63, 3.8) is 0 Å². The molecular formula is C14H22N4O. The van der Waals surface area contributed by atoms with Crippen LogP contribution in [0.2, 0.25) is 0 Å². The van der Waals surface area contributed by atoms with Gasteiger partial charge in [0.2, 0.25) is 5.82 Å². The third-order valence-corrected chi connectivity index (χ3v) is 4.48. The van der Waals surface area contributed by atoms with E-state index in [2.05, 4.69) is 22.1 Å². The molecule has 2 heterocycles.